The number of fused-ring (bicyclic) bond motifs is 1. The van der Waals surface area contributed by atoms with Gasteiger partial charge < -0.3 is 9.30 Å². The lowest BCUT2D eigenvalue weighted by atomic mass is 10.2. The average Bonchev–Trinajstić information content (AvgIpc) is 2.91. The maximum absolute atomic E-state index is 11.9. The van der Waals surface area contributed by atoms with Crippen LogP contribution in [0.15, 0.2) is 58.2 Å². The second-order valence-corrected chi connectivity index (χ2v) is 6.66. The lowest BCUT2D eigenvalue weighted by Gasteiger charge is -2.07. The highest BCUT2D eigenvalue weighted by Gasteiger charge is 2.06. The van der Waals surface area contributed by atoms with Crippen LogP contribution in [0.25, 0.3) is 10.9 Å². The van der Waals surface area contributed by atoms with Gasteiger partial charge >= 0.3 is 0 Å². The number of nitrogens with one attached hydrogen (secondary N) is 1. The number of hydrogen-bond donors (Lipinski definition) is 1. The Bertz CT molecular complexity index is 953. The third-order valence-corrected chi connectivity index (χ3v) is 4.43. The predicted molar refractivity (Wildman–Crippen MR) is 103 cm³/mol. The summed E-state index contributed by atoms with van der Waals surface area (Å²) in [6, 6.07) is 13.1. The van der Waals surface area contributed by atoms with Crippen LogP contribution in [0.3, 0.4) is 0 Å². The van der Waals surface area contributed by atoms with Gasteiger partial charge in [-0.25, -0.2) is 5.43 Å². The number of hydrazone groups is 1. The minimum atomic E-state index is -0.349. The van der Waals surface area contributed by atoms with Crippen molar-refractivity contribution in [2.45, 2.75) is 0 Å². The molecule has 7 heteroatoms. The smallest absolute Gasteiger partial charge is 0.277 e. The Morgan fingerprint density at radius 2 is 2.16 bits per heavy atom. The van der Waals surface area contributed by atoms with Crippen LogP contribution in [0.4, 0.5) is 0 Å². The number of halogens is 2. The fourth-order valence-corrected chi connectivity index (χ4v) is 3.21. The molecule has 0 saturated heterocycles. The maximum Gasteiger partial charge on any atom is 0.277 e. The normalized spacial score (nSPS) is 11.2. The van der Waals surface area contributed by atoms with E-state index in [2.05, 4.69) is 26.5 Å². The summed E-state index contributed by atoms with van der Waals surface area (Å²) in [7, 11) is 1.97. The van der Waals surface area contributed by atoms with Crippen LogP contribution in [-0.4, -0.2) is 23.3 Å². The summed E-state index contributed by atoms with van der Waals surface area (Å²) in [6.45, 7) is -0.146. The largest absolute Gasteiger partial charge is 0.483 e. The van der Waals surface area contributed by atoms with Crippen LogP contribution in [0.5, 0.6) is 5.75 Å². The molecule has 0 aliphatic heterocycles. The lowest BCUT2D eigenvalue weighted by molar-refractivity contribution is -0.123. The van der Waals surface area contributed by atoms with Crippen molar-refractivity contribution >= 4 is 50.6 Å². The Morgan fingerprint density at radius 3 is 2.96 bits per heavy atom. The molecule has 0 aliphatic carbocycles. The quantitative estimate of drug-likeness (QED) is 0.498. The number of aromatic nitrogens is 1. The lowest BCUT2D eigenvalue weighted by Crippen LogP contribution is -2.24. The van der Waals surface area contributed by atoms with Crippen LogP contribution in [-0.2, 0) is 11.8 Å². The van der Waals surface area contributed by atoms with Gasteiger partial charge in [-0.2, -0.15) is 5.10 Å². The molecule has 0 saturated carbocycles. The van der Waals surface area contributed by atoms with E-state index < -0.39 is 0 Å². The molecule has 3 rings (SSSR count). The summed E-state index contributed by atoms with van der Waals surface area (Å²) in [6.07, 6.45) is 3.58. The van der Waals surface area contributed by atoms with Gasteiger partial charge in [0.2, 0.25) is 0 Å². The fourth-order valence-electron chi connectivity index (χ4n) is 2.42. The Labute approximate surface area is 158 Å². The molecule has 1 N–H and O–H groups in total. The zero-order valence-electron chi connectivity index (χ0n) is 13.4. The van der Waals surface area contributed by atoms with Gasteiger partial charge in [0.15, 0.2) is 6.61 Å². The van der Waals surface area contributed by atoms with E-state index in [9.17, 15) is 4.79 Å². The number of rotatable bonds is 5. The summed E-state index contributed by atoms with van der Waals surface area (Å²) >= 11 is 9.20. The van der Waals surface area contributed by atoms with Crippen molar-refractivity contribution < 1.29 is 9.53 Å². The molecule has 3 aromatic rings. The second-order valence-electron chi connectivity index (χ2n) is 5.37. The van der Waals surface area contributed by atoms with Gasteiger partial charge in [-0.1, -0.05) is 29.8 Å². The molecule has 0 fully saturated rings. The molecule has 2 aromatic carbocycles. The molecular formula is C18H15BrClN3O2. The van der Waals surface area contributed by atoms with Gasteiger partial charge in [-0.3, -0.25) is 4.79 Å². The van der Waals surface area contributed by atoms with Crippen molar-refractivity contribution in [3.05, 3.63) is 63.7 Å². The molecule has 0 atom stereocenters. The number of aryl methyl sites for hydroxylation is 1. The fraction of sp³-hybridized carbons (Fsp3) is 0.111. The predicted octanol–water partition coefficient (Wildman–Crippen LogP) is 4.12. The second kappa shape index (κ2) is 7.72. The molecule has 25 heavy (non-hydrogen) atoms. The van der Waals surface area contributed by atoms with Crippen LogP contribution in [0, 0.1) is 0 Å². The van der Waals surface area contributed by atoms with Crippen molar-refractivity contribution in [2.24, 2.45) is 12.1 Å². The van der Waals surface area contributed by atoms with Crippen LogP contribution in [0.2, 0.25) is 5.02 Å². The van der Waals surface area contributed by atoms with E-state index in [4.69, 9.17) is 16.3 Å². The monoisotopic (exact) mass is 419 g/mol. The maximum atomic E-state index is 11.9. The number of carbonyl (C=O) groups excluding carboxylic acids is 1. The number of amides is 1. The summed E-state index contributed by atoms with van der Waals surface area (Å²) in [5, 5.41) is 5.66. The Balaban J connectivity index is 1.59. The molecule has 1 amide bonds. The molecule has 5 nitrogen and oxygen atoms in total. The minimum Gasteiger partial charge on any atom is -0.483 e. The Kier molecular flexibility index (Phi) is 5.40. The molecule has 128 valence electrons. The van der Waals surface area contributed by atoms with E-state index in [-0.39, 0.29) is 12.5 Å². The summed E-state index contributed by atoms with van der Waals surface area (Å²) in [5.41, 5.74) is 4.49. The first-order valence-corrected chi connectivity index (χ1v) is 8.65. The zero-order chi connectivity index (χ0) is 17.8. The van der Waals surface area contributed by atoms with E-state index in [0.717, 1.165) is 16.5 Å². The van der Waals surface area contributed by atoms with E-state index in [1.54, 1.807) is 24.4 Å². The summed E-state index contributed by atoms with van der Waals surface area (Å²) in [5.74, 6) is 0.191. The number of carbonyl (C=O) groups is 1. The third kappa shape index (κ3) is 4.21. The van der Waals surface area contributed by atoms with Crippen molar-refractivity contribution in [3.8, 4) is 5.75 Å². The van der Waals surface area contributed by atoms with Crippen molar-refractivity contribution in [2.75, 3.05) is 6.61 Å². The average molecular weight is 421 g/mol. The van der Waals surface area contributed by atoms with Gasteiger partial charge in [0.05, 0.1) is 10.7 Å². The van der Waals surface area contributed by atoms with Gasteiger partial charge in [0.1, 0.15) is 5.75 Å². The number of hydrogen-bond acceptors (Lipinski definition) is 3. The molecule has 1 aromatic heterocycles. The molecule has 0 aliphatic rings. The van der Waals surface area contributed by atoms with E-state index >= 15 is 0 Å². The Morgan fingerprint density at radius 1 is 1.36 bits per heavy atom. The first kappa shape index (κ1) is 17.5. The van der Waals surface area contributed by atoms with E-state index in [1.807, 2.05) is 42.1 Å². The molecular weight excluding hydrogens is 406 g/mol. The third-order valence-electron chi connectivity index (χ3n) is 3.57. The van der Waals surface area contributed by atoms with Crippen LogP contribution >= 0.6 is 27.5 Å². The molecule has 1 heterocycles. The number of nitrogens with zero attached hydrogens (tertiary/aromatic N) is 2. The number of benzene rings is 2. The van der Waals surface area contributed by atoms with E-state index in [0.29, 0.717) is 15.2 Å². The van der Waals surface area contributed by atoms with Crippen molar-refractivity contribution in [1.82, 2.24) is 9.99 Å². The summed E-state index contributed by atoms with van der Waals surface area (Å²) in [4.78, 5) is 11.9. The molecule has 0 spiro atoms. The van der Waals surface area contributed by atoms with Crippen LogP contribution in [0.1, 0.15) is 5.56 Å². The van der Waals surface area contributed by atoms with Crippen molar-refractivity contribution in [1.29, 1.82) is 0 Å². The number of para-hydroxylation sites is 1. The SMILES string of the molecule is Cn1cc(/C=N\NC(=O)COc2ccc(Cl)cc2Br)c2ccccc21. The molecule has 0 unspecified atom stereocenters. The Hall–Kier alpha value is -2.31. The van der Waals surface area contributed by atoms with E-state index in [1.165, 1.54) is 0 Å². The first-order valence-electron chi connectivity index (χ1n) is 7.48. The topological polar surface area (TPSA) is 55.6 Å². The van der Waals surface area contributed by atoms with Gasteiger partial charge in [-0.15, -0.1) is 0 Å². The minimum absolute atomic E-state index is 0.146. The van der Waals surface area contributed by atoms with Crippen LogP contribution < -0.4 is 10.2 Å². The number of ether oxygens (including phenoxy) is 1. The van der Waals surface area contributed by atoms with Gasteiger partial charge in [0.25, 0.3) is 5.91 Å². The molecule has 0 radical (unpaired) electrons. The summed E-state index contributed by atoms with van der Waals surface area (Å²) < 4.78 is 8.14. The highest BCUT2D eigenvalue weighted by molar-refractivity contribution is 9.10. The standard InChI is InChI=1S/C18H15BrClN3O2/c1-23-10-12(14-4-2-3-5-16(14)23)9-21-22-18(24)11-25-17-7-6-13(20)8-15(17)19/h2-10H,11H2,1H3,(H,22,24)/b21-9-. The van der Waals surface area contributed by atoms with Crippen molar-refractivity contribution in [3.63, 3.8) is 0 Å². The highest BCUT2D eigenvalue weighted by Crippen LogP contribution is 2.27. The highest BCUT2D eigenvalue weighted by atomic mass is 79.9. The zero-order valence-corrected chi connectivity index (χ0v) is 15.7. The molecule has 0 bridgehead atoms. The first-order chi connectivity index (χ1) is 12.0. The van der Waals surface area contributed by atoms with Gasteiger partial charge in [-0.05, 0) is 40.2 Å². The van der Waals surface area contributed by atoms with Gasteiger partial charge in [0, 0.05) is 34.7 Å².